The van der Waals surface area contributed by atoms with Gasteiger partial charge in [0.25, 0.3) is 0 Å². The number of aryl methyl sites for hydroxylation is 1. The average Bonchev–Trinajstić information content (AvgIpc) is 2.84. The van der Waals surface area contributed by atoms with Gasteiger partial charge in [-0.15, -0.1) is 0 Å². The van der Waals surface area contributed by atoms with Gasteiger partial charge in [0.1, 0.15) is 17.4 Å². The lowest BCUT2D eigenvalue weighted by Crippen LogP contribution is -2.00. The highest BCUT2D eigenvalue weighted by Gasteiger charge is 2.14. The molecule has 0 bridgehead atoms. The first-order valence-corrected chi connectivity index (χ1v) is 6.92. The summed E-state index contributed by atoms with van der Waals surface area (Å²) in [7, 11) is 0. The number of hydrogen-bond donors (Lipinski definition) is 1. The summed E-state index contributed by atoms with van der Waals surface area (Å²) in [4.78, 5) is 0. The maximum atomic E-state index is 10.3. The molecule has 1 N–H and O–H groups in total. The maximum absolute atomic E-state index is 10.3. The number of halogens is 1. The predicted octanol–water partition coefficient (Wildman–Crippen LogP) is 4.67. The van der Waals surface area contributed by atoms with Crippen LogP contribution in [0.1, 0.15) is 23.0 Å². The Morgan fingerprint density at radius 1 is 1.10 bits per heavy atom. The van der Waals surface area contributed by atoms with Crippen LogP contribution in [0.4, 0.5) is 0 Å². The Hall–Kier alpha value is -1.77. The molecule has 1 atom stereocenters. The number of rotatable bonds is 3. The van der Waals surface area contributed by atoms with Crippen LogP contribution in [0.2, 0.25) is 5.02 Å². The molecular weight excluding hydrogens is 272 g/mol. The predicted molar refractivity (Wildman–Crippen MR) is 81.1 cm³/mol. The minimum Gasteiger partial charge on any atom is -0.458 e. The van der Waals surface area contributed by atoms with Gasteiger partial charge < -0.3 is 9.52 Å². The number of aliphatic hydroxyl groups excluding tert-OH is 1. The van der Waals surface area contributed by atoms with Gasteiger partial charge >= 0.3 is 0 Å². The molecular formula is C17H15ClO2. The number of furan rings is 1. The zero-order valence-electron chi connectivity index (χ0n) is 11.1. The van der Waals surface area contributed by atoms with Gasteiger partial charge in [0.05, 0.1) is 0 Å². The molecule has 3 rings (SSSR count). The molecule has 0 saturated carbocycles. The SMILES string of the molecule is Cc1ccc2oc(C(O)Cc3ccc(Cl)cc3)cc2c1. The van der Waals surface area contributed by atoms with E-state index < -0.39 is 6.10 Å². The Labute approximate surface area is 122 Å². The van der Waals surface area contributed by atoms with Crippen LogP contribution in [0.5, 0.6) is 0 Å². The van der Waals surface area contributed by atoms with E-state index >= 15 is 0 Å². The fraction of sp³-hybridized carbons (Fsp3) is 0.176. The second-order valence-electron chi connectivity index (χ2n) is 5.04. The highest BCUT2D eigenvalue weighted by atomic mass is 35.5. The maximum Gasteiger partial charge on any atom is 0.134 e. The summed E-state index contributed by atoms with van der Waals surface area (Å²) in [6.07, 6.45) is -0.139. The molecule has 0 aliphatic heterocycles. The lowest BCUT2D eigenvalue weighted by Gasteiger charge is -2.07. The third-order valence-electron chi connectivity index (χ3n) is 3.36. The van der Waals surface area contributed by atoms with Crippen molar-refractivity contribution in [2.75, 3.05) is 0 Å². The van der Waals surface area contributed by atoms with Crippen LogP contribution < -0.4 is 0 Å². The van der Waals surface area contributed by atoms with Gasteiger partial charge in [-0.1, -0.05) is 35.4 Å². The highest BCUT2D eigenvalue weighted by Crippen LogP contribution is 2.27. The standard InChI is InChI=1S/C17H15ClO2/c1-11-2-7-16-13(8-11)10-17(20-16)15(19)9-12-3-5-14(18)6-4-12/h2-8,10,15,19H,9H2,1H3. The van der Waals surface area contributed by atoms with E-state index in [1.165, 1.54) is 5.56 Å². The summed E-state index contributed by atoms with van der Waals surface area (Å²) < 4.78 is 5.70. The fourth-order valence-corrected chi connectivity index (χ4v) is 2.42. The molecule has 0 aliphatic rings. The number of aliphatic hydroxyl groups is 1. The smallest absolute Gasteiger partial charge is 0.134 e. The molecule has 0 spiro atoms. The summed E-state index contributed by atoms with van der Waals surface area (Å²) in [6.45, 7) is 2.04. The summed E-state index contributed by atoms with van der Waals surface area (Å²) in [5.74, 6) is 0.598. The molecule has 0 amide bonds. The van der Waals surface area contributed by atoms with E-state index in [4.69, 9.17) is 16.0 Å². The van der Waals surface area contributed by atoms with Gasteiger partial charge in [-0.2, -0.15) is 0 Å². The number of benzene rings is 2. The van der Waals surface area contributed by atoms with Crippen LogP contribution in [-0.2, 0) is 6.42 Å². The van der Waals surface area contributed by atoms with Crippen molar-refractivity contribution in [3.8, 4) is 0 Å². The van der Waals surface area contributed by atoms with E-state index in [0.717, 1.165) is 16.5 Å². The summed E-state index contributed by atoms with van der Waals surface area (Å²) in [6, 6.07) is 15.4. The Kier molecular flexibility index (Phi) is 3.51. The van der Waals surface area contributed by atoms with E-state index in [1.807, 2.05) is 49.4 Å². The van der Waals surface area contributed by atoms with Crippen LogP contribution in [0.15, 0.2) is 52.9 Å². The number of fused-ring (bicyclic) bond motifs is 1. The second kappa shape index (κ2) is 5.31. The van der Waals surface area contributed by atoms with E-state index in [1.54, 1.807) is 0 Å². The molecule has 3 aromatic rings. The van der Waals surface area contributed by atoms with Crippen molar-refractivity contribution in [3.63, 3.8) is 0 Å². The first kappa shape index (κ1) is 13.2. The Bertz CT molecular complexity index is 728. The second-order valence-corrected chi connectivity index (χ2v) is 5.47. The lowest BCUT2D eigenvalue weighted by molar-refractivity contribution is 0.152. The molecule has 1 heterocycles. The molecule has 102 valence electrons. The van der Waals surface area contributed by atoms with Crippen molar-refractivity contribution in [3.05, 3.63) is 70.4 Å². The molecule has 0 aliphatic carbocycles. The van der Waals surface area contributed by atoms with E-state index in [2.05, 4.69) is 6.07 Å². The Balaban J connectivity index is 1.84. The molecule has 1 aromatic heterocycles. The quantitative estimate of drug-likeness (QED) is 0.759. The Morgan fingerprint density at radius 2 is 1.85 bits per heavy atom. The van der Waals surface area contributed by atoms with Crippen LogP contribution in [0.3, 0.4) is 0 Å². The topological polar surface area (TPSA) is 33.4 Å². The molecule has 0 fully saturated rings. The van der Waals surface area contributed by atoms with Gasteiger partial charge in [0.15, 0.2) is 0 Å². The first-order valence-electron chi connectivity index (χ1n) is 6.54. The van der Waals surface area contributed by atoms with Gasteiger partial charge in [0, 0.05) is 16.8 Å². The minimum atomic E-state index is -0.649. The van der Waals surface area contributed by atoms with Crippen molar-refractivity contribution in [1.29, 1.82) is 0 Å². The highest BCUT2D eigenvalue weighted by molar-refractivity contribution is 6.30. The largest absolute Gasteiger partial charge is 0.458 e. The molecule has 0 radical (unpaired) electrons. The minimum absolute atomic E-state index is 0.510. The van der Waals surface area contributed by atoms with E-state index in [9.17, 15) is 5.11 Å². The van der Waals surface area contributed by atoms with E-state index in [0.29, 0.717) is 17.2 Å². The zero-order chi connectivity index (χ0) is 14.1. The molecule has 0 saturated heterocycles. The van der Waals surface area contributed by atoms with Gasteiger partial charge in [-0.05, 0) is 42.8 Å². The summed E-state index contributed by atoms with van der Waals surface area (Å²) >= 11 is 5.85. The van der Waals surface area contributed by atoms with Crippen molar-refractivity contribution >= 4 is 22.6 Å². The summed E-state index contributed by atoms with van der Waals surface area (Å²) in [5.41, 5.74) is 3.01. The Morgan fingerprint density at radius 3 is 2.60 bits per heavy atom. The third kappa shape index (κ3) is 2.72. The number of hydrogen-bond acceptors (Lipinski definition) is 2. The molecule has 2 aromatic carbocycles. The third-order valence-corrected chi connectivity index (χ3v) is 3.61. The van der Waals surface area contributed by atoms with Crippen LogP contribution in [-0.4, -0.2) is 5.11 Å². The van der Waals surface area contributed by atoms with Crippen LogP contribution in [0, 0.1) is 6.92 Å². The average molecular weight is 287 g/mol. The van der Waals surface area contributed by atoms with Gasteiger partial charge in [-0.3, -0.25) is 0 Å². The molecule has 3 heteroatoms. The molecule has 1 unspecified atom stereocenters. The first-order chi connectivity index (χ1) is 9.61. The summed E-state index contributed by atoms with van der Waals surface area (Å²) in [5, 5.41) is 12.0. The monoisotopic (exact) mass is 286 g/mol. The normalized spacial score (nSPS) is 12.8. The molecule has 20 heavy (non-hydrogen) atoms. The van der Waals surface area contributed by atoms with Gasteiger partial charge in [0.2, 0.25) is 0 Å². The van der Waals surface area contributed by atoms with Crippen molar-refractivity contribution in [2.45, 2.75) is 19.4 Å². The van der Waals surface area contributed by atoms with Crippen molar-refractivity contribution in [2.24, 2.45) is 0 Å². The van der Waals surface area contributed by atoms with Crippen LogP contribution in [0.25, 0.3) is 11.0 Å². The van der Waals surface area contributed by atoms with Crippen LogP contribution >= 0.6 is 11.6 Å². The molecule has 2 nitrogen and oxygen atoms in total. The van der Waals surface area contributed by atoms with Crippen molar-refractivity contribution < 1.29 is 9.52 Å². The van der Waals surface area contributed by atoms with Gasteiger partial charge in [-0.25, -0.2) is 0 Å². The van der Waals surface area contributed by atoms with Crippen molar-refractivity contribution in [1.82, 2.24) is 0 Å². The zero-order valence-corrected chi connectivity index (χ0v) is 11.9. The van der Waals surface area contributed by atoms with E-state index in [-0.39, 0.29) is 0 Å². The lowest BCUT2D eigenvalue weighted by atomic mass is 10.1. The fourth-order valence-electron chi connectivity index (χ4n) is 2.29.